The number of anilines is 1. The molecule has 0 aliphatic carbocycles. The molecule has 2 heterocycles. The Hall–Kier alpha value is -2.17. The van der Waals surface area contributed by atoms with Gasteiger partial charge in [-0.25, -0.2) is 4.98 Å². The van der Waals surface area contributed by atoms with Gasteiger partial charge < -0.3 is 20.8 Å². The Morgan fingerprint density at radius 3 is 3.20 bits per heavy atom. The van der Waals surface area contributed by atoms with E-state index >= 15 is 0 Å². The van der Waals surface area contributed by atoms with E-state index in [2.05, 4.69) is 15.3 Å². The van der Waals surface area contributed by atoms with Crippen molar-refractivity contribution < 1.29 is 4.74 Å². The molecular weight excluding hydrogens is 192 g/mol. The van der Waals surface area contributed by atoms with Gasteiger partial charge in [0.25, 0.3) is 0 Å². The average molecular weight is 204 g/mol. The summed E-state index contributed by atoms with van der Waals surface area (Å²) < 4.78 is 5.19. The van der Waals surface area contributed by atoms with Gasteiger partial charge >= 0.3 is 0 Å². The molecule has 0 bridgehead atoms. The van der Waals surface area contributed by atoms with Gasteiger partial charge in [0.05, 0.1) is 18.8 Å². The van der Waals surface area contributed by atoms with Crippen molar-refractivity contribution in [3.05, 3.63) is 30.9 Å². The fourth-order valence-electron chi connectivity index (χ4n) is 1.43. The van der Waals surface area contributed by atoms with E-state index in [4.69, 9.17) is 10.5 Å². The molecule has 78 valence electrons. The van der Waals surface area contributed by atoms with Gasteiger partial charge in [0.2, 0.25) is 0 Å². The molecule has 0 atom stereocenters. The first-order valence-electron chi connectivity index (χ1n) is 4.50. The van der Waals surface area contributed by atoms with Gasteiger partial charge in [-0.15, -0.1) is 0 Å². The molecule has 0 fully saturated rings. The van der Waals surface area contributed by atoms with E-state index in [-0.39, 0.29) is 0 Å². The predicted molar refractivity (Wildman–Crippen MR) is 59.6 cm³/mol. The maximum Gasteiger partial charge on any atom is 0.154 e. The topological polar surface area (TPSA) is 76.0 Å². The zero-order chi connectivity index (χ0) is 10.7. The molecule has 2 rings (SSSR count). The summed E-state index contributed by atoms with van der Waals surface area (Å²) in [6, 6.07) is 1.94. The number of rotatable bonds is 3. The molecule has 2 aromatic heterocycles. The first-order valence-corrected chi connectivity index (χ1v) is 4.50. The van der Waals surface area contributed by atoms with E-state index in [0.29, 0.717) is 0 Å². The summed E-state index contributed by atoms with van der Waals surface area (Å²) in [7, 11) is 1.62. The minimum atomic E-state index is 0.720. The van der Waals surface area contributed by atoms with Crippen molar-refractivity contribution >= 4 is 16.7 Å². The second-order valence-corrected chi connectivity index (χ2v) is 2.94. The van der Waals surface area contributed by atoms with Gasteiger partial charge in [-0.3, -0.25) is 0 Å². The van der Waals surface area contributed by atoms with Gasteiger partial charge in [0.1, 0.15) is 5.75 Å². The zero-order valence-corrected chi connectivity index (χ0v) is 8.32. The number of nitrogens with zero attached hydrogens (tertiary/aromatic N) is 1. The molecule has 0 saturated heterocycles. The van der Waals surface area contributed by atoms with Crippen molar-refractivity contribution in [2.75, 3.05) is 12.4 Å². The second kappa shape index (κ2) is 3.91. The molecule has 0 unspecified atom stereocenters. The Bertz CT molecular complexity index is 489. The Labute approximate surface area is 87.0 Å². The third-order valence-corrected chi connectivity index (χ3v) is 2.10. The van der Waals surface area contributed by atoms with Crippen molar-refractivity contribution in [1.82, 2.24) is 9.97 Å². The average Bonchev–Trinajstić information content (AvgIpc) is 2.74. The molecule has 0 aliphatic rings. The number of nitrogens with one attached hydrogen (secondary N) is 2. The highest BCUT2D eigenvalue weighted by Crippen LogP contribution is 2.28. The summed E-state index contributed by atoms with van der Waals surface area (Å²) in [6.07, 6.45) is 6.55. The van der Waals surface area contributed by atoms with Crippen LogP contribution in [0.3, 0.4) is 0 Å². The van der Waals surface area contributed by atoms with Crippen LogP contribution in [0.2, 0.25) is 0 Å². The van der Waals surface area contributed by atoms with Crippen LogP contribution in [0.4, 0.5) is 5.82 Å². The van der Waals surface area contributed by atoms with Gasteiger partial charge in [0.15, 0.2) is 5.82 Å². The number of ether oxygens (including phenoxy) is 1. The van der Waals surface area contributed by atoms with E-state index in [0.717, 1.165) is 22.5 Å². The quantitative estimate of drug-likeness (QED) is 0.706. The maximum atomic E-state index is 5.25. The number of methoxy groups -OCH3 is 1. The number of hydrogen-bond donors (Lipinski definition) is 3. The third kappa shape index (κ3) is 1.59. The number of pyridine rings is 1. The number of aromatic amines is 1. The highest BCUT2D eigenvalue weighted by molar-refractivity contribution is 5.93. The molecule has 0 amide bonds. The molecular formula is C10H12N4O. The largest absolute Gasteiger partial charge is 0.494 e. The summed E-state index contributed by atoms with van der Waals surface area (Å²) in [6.45, 7) is 0. The summed E-state index contributed by atoms with van der Waals surface area (Å²) in [5, 5.41) is 3.96. The third-order valence-electron chi connectivity index (χ3n) is 2.10. The molecule has 15 heavy (non-hydrogen) atoms. The lowest BCUT2D eigenvalue weighted by Crippen LogP contribution is -1.95. The van der Waals surface area contributed by atoms with E-state index in [1.54, 1.807) is 19.5 Å². The predicted octanol–water partition coefficient (Wildman–Crippen LogP) is 1.41. The summed E-state index contributed by atoms with van der Waals surface area (Å²) in [5.74, 6) is 1.46. The molecule has 2 aromatic rings. The minimum absolute atomic E-state index is 0.720. The molecule has 4 N–H and O–H groups in total. The smallest absolute Gasteiger partial charge is 0.154 e. The van der Waals surface area contributed by atoms with Crippen molar-refractivity contribution in [1.29, 1.82) is 0 Å². The number of nitrogens with two attached hydrogens (primary N) is 1. The van der Waals surface area contributed by atoms with Crippen LogP contribution in [0, 0.1) is 0 Å². The Balaban J connectivity index is 2.53. The first-order chi connectivity index (χ1) is 7.36. The number of aromatic nitrogens is 2. The lowest BCUT2D eigenvalue weighted by molar-refractivity contribution is 0.418. The Morgan fingerprint density at radius 1 is 1.60 bits per heavy atom. The number of H-pyrrole nitrogens is 1. The van der Waals surface area contributed by atoms with Gasteiger partial charge in [0, 0.05) is 24.0 Å². The first kappa shape index (κ1) is 9.39. The SMILES string of the molecule is COc1cnc(N/C=C\N)c2[nH]ccc12. The van der Waals surface area contributed by atoms with Crippen LogP contribution in [-0.2, 0) is 0 Å². The van der Waals surface area contributed by atoms with E-state index in [1.165, 1.54) is 6.20 Å². The molecule has 0 aliphatic heterocycles. The number of hydrogen-bond acceptors (Lipinski definition) is 4. The summed E-state index contributed by atoms with van der Waals surface area (Å²) in [4.78, 5) is 7.31. The van der Waals surface area contributed by atoms with Gasteiger partial charge in [-0.2, -0.15) is 0 Å². The van der Waals surface area contributed by atoms with E-state index < -0.39 is 0 Å². The number of fused-ring (bicyclic) bond motifs is 1. The molecule has 5 heteroatoms. The molecule has 0 spiro atoms. The monoisotopic (exact) mass is 204 g/mol. The van der Waals surface area contributed by atoms with Crippen molar-refractivity contribution in [2.24, 2.45) is 5.73 Å². The lowest BCUT2D eigenvalue weighted by atomic mass is 10.3. The zero-order valence-electron chi connectivity index (χ0n) is 8.32. The minimum Gasteiger partial charge on any atom is -0.494 e. The highest BCUT2D eigenvalue weighted by atomic mass is 16.5. The second-order valence-electron chi connectivity index (χ2n) is 2.94. The van der Waals surface area contributed by atoms with Gasteiger partial charge in [-0.05, 0) is 6.07 Å². The summed E-state index contributed by atoms with van der Waals surface area (Å²) >= 11 is 0. The van der Waals surface area contributed by atoms with Crippen LogP contribution >= 0.6 is 0 Å². The Morgan fingerprint density at radius 2 is 2.47 bits per heavy atom. The Kier molecular flexibility index (Phi) is 2.45. The van der Waals surface area contributed by atoms with Crippen LogP contribution in [0.5, 0.6) is 5.75 Å². The van der Waals surface area contributed by atoms with Crippen LogP contribution < -0.4 is 15.8 Å². The molecule has 0 aromatic carbocycles. The molecule has 5 nitrogen and oxygen atoms in total. The van der Waals surface area contributed by atoms with Gasteiger partial charge in [-0.1, -0.05) is 0 Å². The normalized spacial score (nSPS) is 11.0. The van der Waals surface area contributed by atoms with Crippen LogP contribution in [0.25, 0.3) is 10.9 Å². The summed E-state index contributed by atoms with van der Waals surface area (Å²) in [5.41, 5.74) is 6.14. The fourth-order valence-corrected chi connectivity index (χ4v) is 1.43. The van der Waals surface area contributed by atoms with Crippen molar-refractivity contribution in [2.45, 2.75) is 0 Å². The van der Waals surface area contributed by atoms with Crippen molar-refractivity contribution in [3.63, 3.8) is 0 Å². The highest BCUT2D eigenvalue weighted by Gasteiger charge is 2.07. The van der Waals surface area contributed by atoms with Crippen LogP contribution in [-0.4, -0.2) is 17.1 Å². The fraction of sp³-hybridized carbons (Fsp3) is 0.100. The van der Waals surface area contributed by atoms with Crippen LogP contribution in [0.1, 0.15) is 0 Å². The lowest BCUT2D eigenvalue weighted by Gasteiger charge is -2.05. The molecule has 0 radical (unpaired) electrons. The van der Waals surface area contributed by atoms with Crippen molar-refractivity contribution in [3.8, 4) is 5.75 Å². The van der Waals surface area contributed by atoms with E-state index in [9.17, 15) is 0 Å². The maximum absolute atomic E-state index is 5.25. The van der Waals surface area contributed by atoms with E-state index in [1.807, 2.05) is 12.3 Å². The molecule has 0 saturated carbocycles. The van der Waals surface area contributed by atoms with Crippen LogP contribution in [0.15, 0.2) is 30.9 Å². The standard InChI is InChI=1S/C10H12N4O/c1-15-8-6-14-10(13-5-3-11)9-7(8)2-4-12-9/h2-6,12H,11H2,1H3,(H,13,14)/b5-3-.